The average molecular weight is 326 g/mol. The highest BCUT2D eigenvalue weighted by atomic mass is 19.4. The molecule has 12 heteroatoms. The summed E-state index contributed by atoms with van der Waals surface area (Å²) in [7, 11) is 0. The van der Waals surface area contributed by atoms with Gasteiger partial charge in [0.15, 0.2) is 6.29 Å². The zero-order valence-electron chi connectivity index (χ0n) is 9.96. The first-order valence-electron chi connectivity index (χ1n) is 5.10. The summed E-state index contributed by atoms with van der Waals surface area (Å²) in [6.07, 6.45) is -15.9. The molecule has 0 aromatic carbocycles. The standard InChI is InChI=1S/C9H11F5O7/c10-8(11,9(12,13)14)6(20)7(21,2-16)5(19)4(18)3(17)1-15/h2-5,15,17-19,21H,1H2/t3-,4-,5+,7-/m1/s1. The van der Waals surface area contributed by atoms with Gasteiger partial charge in [0.05, 0.1) is 6.61 Å². The van der Waals surface area contributed by atoms with E-state index in [2.05, 4.69) is 0 Å². The summed E-state index contributed by atoms with van der Waals surface area (Å²) >= 11 is 0. The normalized spacial score (nSPS) is 20.3. The predicted molar refractivity (Wildman–Crippen MR) is 52.1 cm³/mol. The van der Waals surface area contributed by atoms with Gasteiger partial charge in [-0.25, -0.2) is 0 Å². The van der Waals surface area contributed by atoms with Crippen molar-refractivity contribution < 1.29 is 57.1 Å². The quantitative estimate of drug-likeness (QED) is 0.203. The van der Waals surface area contributed by atoms with E-state index in [9.17, 15) is 41.8 Å². The number of hydrogen-bond acceptors (Lipinski definition) is 7. The molecule has 0 heterocycles. The Morgan fingerprint density at radius 2 is 1.52 bits per heavy atom. The molecule has 124 valence electrons. The van der Waals surface area contributed by atoms with E-state index in [1.807, 2.05) is 0 Å². The number of aliphatic hydroxyl groups excluding tert-OH is 4. The lowest BCUT2D eigenvalue weighted by molar-refractivity contribution is -0.277. The maximum absolute atomic E-state index is 12.8. The largest absolute Gasteiger partial charge is 0.461 e. The van der Waals surface area contributed by atoms with Gasteiger partial charge in [0.25, 0.3) is 5.78 Å². The van der Waals surface area contributed by atoms with Gasteiger partial charge in [0.1, 0.15) is 18.3 Å². The SMILES string of the molecule is O=C[C@](O)(C(=O)C(F)(F)C(F)(F)F)[C@@H](O)[C@H](O)[C@H](O)CO. The Bertz CT molecular complexity index is 398. The van der Waals surface area contributed by atoms with Crippen molar-refractivity contribution in [2.45, 2.75) is 36.0 Å². The molecule has 0 fully saturated rings. The number of halogens is 5. The lowest BCUT2D eigenvalue weighted by Crippen LogP contribution is -2.65. The lowest BCUT2D eigenvalue weighted by Gasteiger charge is -2.33. The van der Waals surface area contributed by atoms with Crippen LogP contribution in [0.4, 0.5) is 22.0 Å². The fourth-order valence-electron chi connectivity index (χ4n) is 1.22. The van der Waals surface area contributed by atoms with Gasteiger partial charge in [0.2, 0.25) is 5.60 Å². The fourth-order valence-corrected chi connectivity index (χ4v) is 1.22. The van der Waals surface area contributed by atoms with E-state index in [-0.39, 0.29) is 0 Å². The van der Waals surface area contributed by atoms with Crippen molar-refractivity contribution in [3.63, 3.8) is 0 Å². The number of Topliss-reactive ketones (excluding diaryl/α,β-unsaturated/α-hetero) is 1. The van der Waals surface area contributed by atoms with Crippen LogP contribution in [0.5, 0.6) is 0 Å². The molecular formula is C9H11F5O7. The summed E-state index contributed by atoms with van der Waals surface area (Å²) in [6, 6.07) is 0. The summed E-state index contributed by atoms with van der Waals surface area (Å²) in [4.78, 5) is 21.6. The first kappa shape index (κ1) is 19.8. The Balaban J connectivity index is 5.66. The average Bonchev–Trinajstić information content (AvgIpc) is 2.41. The number of alkyl halides is 5. The molecule has 5 N–H and O–H groups in total. The van der Waals surface area contributed by atoms with Crippen LogP contribution in [0.3, 0.4) is 0 Å². The number of carbonyl (C=O) groups is 2. The highest BCUT2D eigenvalue weighted by molar-refractivity contribution is 6.06. The van der Waals surface area contributed by atoms with Gasteiger partial charge in [-0.05, 0) is 0 Å². The predicted octanol–water partition coefficient (Wildman–Crippen LogP) is -2.24. The first-order valence-corrected chi connectivity index (χ1v) is 5.10. The van der Waals surface area contributed by atoms with Crippen LogP contribution in [0.15, 0.2) is 0 Å². The van der Waals surface area contributed by atoms with E-state index >= 15 is 0 Å². The van der Waals surface area contributed by atoms with Crippen LogP contribution in [-0.2, 0) is 9.59 Å². The Labute approximate surface area is 113 Å². The maximum Gasteiger partial charge on any atom is 0.461 e. The molecule has 7 nitrogen and oxygen atoms in total. The molecule has 0 aliphatic heterocycles. The molecule has 0 amide bonds. The zero-order valence-corrected chi connectivity index (χ0v) is 9.96. The first-order chi connectivity index (χ1) is 9.27. The van der Waals surface area contributed by atoms with E-state index in [1.165, 1.54) is 0 Å². The van der Waals surface area contributed by atoms with Gasteiger partial charge in [-0.2, -0.15) is 22.0 Å². The van der Waals surface area contributed by atoms with Crippen LogP contribution in [0.2, 0.25) is 0 Å². The van der Waals surface area contributed by atoms with Crippen LogP contribution in [0, 0.1) is 0 Å². The second kappa shape index (κ2) is 6.27. The van der Waals surface area contributed by atoms with E-state index in [0.29, 0.717) is 0 Å². The molecule has 0 unspecified atom stereocenters. The van der Waals surface area contributed by atoms with Crippen molar-refractivity contribution in [2.24, 2.45) is 0 Å². The number of aliphatic hydroxyl groups is 5. The molecule has 0 rings (SSSR count). The summed E-state index contributed by atoms with van der Waals surface area (Å²) in [6.45, 7) is -1.31. The second-order valence-electron chi connectivity index (χ2n) is 4.03. The van der Waals surface area contributed by atoms with Crippen molar-refractivity contribution >= 4 is 12.1 Å². The van der Waals surface area contributed by atoms with Gasteiger partial charge in [-0.1, -0.05) is 0 Å². The molecule has 0 saturated heterocycles. The minimum Gasteiger partial charge on any atom is -0.394 e. The number of carbonyl (C=O) groups excluding carboxylic acids is 2. The molecule has 0 aliphatic rings. The van der Waals surface area contributed by atoms with Crippen LogP contribution < -0.4 is 0 Å². The van der Waals surface area contributed by atoms with Gasteiger partial charge in [-0.15, -0.1) is 0 Å². The van der Waals surface area contributed by atoms with Gasteiger partial charge in [0, 0.05) is 0 Å². The summed E-state index contributed by atoms with van der Waals surface area (Å²) in [5.74, 6) is -9.64. The Morgan fingerprint density at radius 1 is 1.10 bits per heavy atom. The third kappa shape index (κ3) is 3.52. The molecule has 0 radical (unpaired) electrons. The van der Waals surface area contributed by atoms with E-state index in [0.717, 1.165) is 0 Å². The van der Waals surface area contributed by atoms with Gasteiger partial charge < -0.3 is 25.5 Å². The topological polar surface area (TPSA) is 135 Å². The van der Waals surface area contributed by atoms with E-state index in [1.54, 1.807) is 0 Å². The van der Waals surface area contributed by atoms with Crippen LogP contribution in [-0.4, -0.2) is 80.2 Å². The Morgan fingerprint density at radius 3 is 1.81 bits per heavy atom. The molecule has 0 saturated carbocycles. The Hall–Kier alpha value is -1.21. The van der Waals surface area contributed by atoms with Gasteiger partial charge in [-0.3, -0.25) is 9.59 Å². The molecule has 21 heavy (non-hydrogen) atoms. The molecule has 0 spiro atoms. The second-order valence-corrected chi connectivity index (χ2v) is 4.03. The minimum atomic E-state index is -6.47. The third-order valence-corrected chi connectivity index (χ3v) is 2.54. The lowest BCUT2D eigenvalue weighted by atomic mass is 9.85. The van der Waals surface area contributed by atoms with Crippen molar-refractivity contribution in [1.82, 2.24) is 0 Å². The number of aldehydes is 1. The Kier molecular flexibility index (Phi) is 5.91. The van der Waals surface area contributed by atoms with Crippen molar-refractivity contribution in [3.8, 4) is 0 Å². The van der Waals surface area contributed by atoms with E-state index < -0.39 is 54.7 Å². The number of ketones is 1. The molecule has 0 aromatic rings. The summed E-state index contributed by atoms with van der Waals surface area (Å²) < 4.78 is 61.7. The third-order valence-electron chi connectivity index (χ3n) is 2.54. The van der Waals surface area contributed by atoms with E-state index in [4.69, 9.17) is 15.3 Å². The van der Waals surface area contributed by atoms with Crippen LogP contribution in [0.25, 0.3) is 0 Å². The molecule has 0 bridgehead atoms. The number of hydrogen-bond donors (Lipinski definition) is 5. The molecule has 0 aromatic heterocycles. The monoisotopic (exact) mass is 326 g/mol. The zero-order chi connectivity index (χ0) is 17.2. The van der Waals surface area contributed by atoms with Gasteiger partial charge >= 0.3 is 12.1 Å². The highest BCUT2D eigenvalue weighted by Gasteiger charge is 2.69. The van der Waals surface area contributed by atoms with Crippen molar-refractivity contribution in [2.75, 3.05) is 6.61 Å². The van der Waals surface area contributed by atoms with Crippen molar-refractivity contribution in [3.05, 3.63) is 0 Å². The summed E-state index contributed by atoms with van der Waals surface area (Å²) in [5, 5.41) is 44.9. The molecule has 4 atom stereocenters. The summed E-state index contributed by atoms with van der Waals surface area (Å²) in [5.41, 5.74) is -4.35. The molecular weight excluding hydrogens is 315 g/mol. The number of rotatable bonds is 7. The highest BCUT2D eigenvalue weighted by Crippen LogP contribution is 2.39. The maximum atomic E-state index is 12.8. The minimum absolute atomic E-state index is 1.13. The van der Waals surface area contributed by atoms with Crippen LogP contribution >= 0.6 is 0 Å². The fraction of sp³-hybridized carbons (Fsp3) is 0.778. The van der Waals surface area contributed by atoms with Crippen molar-refractivity contribution in [1.29, 1.82) is 0 Å². The smallest absolute Gasteiger partial charge is 0.394 e. The van der Waals surface area contributed by atoms with Crippen LogP contribution in [0.1, 0.15) is 0 Å². The molecule has 0 aliphatic carbocycles.